The Balaban J connectivity index is 3.00. The Morgan fingerprint density at radius 1 is 1.50 bits per heavy atom. The number of aromatic amines is 1. The number of aryl methyl sites for hydroxylation is 1. The molecular weight excluding hydrogens is 159 g/mol. The molecule has 0 aliphatic carbocycles. The third-order valence-corrected chi connectivity index (χ3v) is 1.83. The van der Waals surface area contributed by atoms with E-state index in [-0.39, 0.29) is 11.4 Å². The van der Waals surface area contributed by atoms with E-state index in [0.29, 0.717) is 10.9 Å². The first-order valence-electron chi connectivity index (χ1n) is 3.53. The Hall–Kier alpha value is -1.58. The van der Waals surface area contributed by atoms with Gasteiger partial charge in [0.25, 0.3) is 5.56 Å². The van der Waals surface area contributed by atoms with Crippen LogP contribution in [0.15, 0.2) is 23.0 Å². The van der Waals surface area contributed by atoms with Crippen LogP contribution < -0.4 is 5.56 Å². The summed E-state index contributed by atoms with van der Waals surface area (Å²) in [6.07, 6.45) is 0. The first kappa shape index (κ1) is 7.09. The lowest BCUT2D eigenvalue weighted by Crippen LogP contribution is -2.01. The van der Waals surface area contributed by atoms with Gasteiger partial charge in [-0.3, -0.25) is 14.6 Å². The SMILES string of the molecule is Cn1[nH]c(=O)c2cc(F)ccc21. The minimum atomic E-state index is -0.390. The molecule has 4 heteroatoms. The molecular formula is C8H7FN2O. The predicted octanol–water partition coefficient (Wildman–Crippen LogP) is 1.01. The fraction of sp³-hybridized carbons (Fsp3) is 0.125. The molecule has 3 nitrogen and oxygen atoms in total. The third kappa shape index (κ3) is 0.845. The average Bonchev–Trinajstić information content (AvgIpc) is 2.28. The maximum Gasteiger partial charge on any atom is 0.272 e. The summed E-state index contributed by atoms with van der Waals surface area (Å²) in [5, 5.41) is 2.92. The van der Waals surface area contributed by atoms with Gasteiger partial charge >= 0.3 is 0 Å². The first-order chi connectivity index (χ1) is 5.68. The fourth-order valence-corrected chi connectivity index (χ4v) is 1.26. The van der Waals surface area contributed by atoms with Crippen LogP contribution in [0.4, 0.5) is 4.39 Å². The van der Waals surface area contributed by atoms with Crippen molar-refractivity contribution in [1.82, 2.24) is 9.78 Å². The van der Waals surface area contributed by atoms with Crippen LogP contribution in [0.25, 0.3) is 10.9 Å². The molecule has 2 aromatic rings. The van der Waals surface area contributed by atoms with Crippen LogP contribution in [0.2, 0.25) is 0 Å². The molecule has 62 valence electrons. The molecule has 1 aromatic heterocycles. The van der Waals surface area contributed by atoms with Gasteiger partial charge in [0, 0.05) is 7.05 Å². The molecule has 1 heterocycles. The quantitative estimate of drug-likeness (QED) is 0.623. The van der Waals surface area contributed by atoms with Gasteiger partial charge in [-0.2, -0.15) is 0 Å². The minimum Gasteiger partial charge on any atom is -0.288 e. The molecule has 12 heavy (non-hydrogen) atoms. The Morgan fingerprint density at radius 3 is 3.00 bits per heavy atom. The summed E-state index contributed by atoms with van der Waals surface area (Å²) in [5.74, 6) is -0.390. The van der Waals surface area contributed by atoms with Crippen LogP contribution >= 0.6 is 0 Å². The smallest absolute Gasteiger partial charge is 0.272 e. The van der Waals surface area contributed by atoms with Crippen LogP contribution in [-0.4, -0.2) is 9.78 Å². The number of hydrogen-bond donors (Lipinski definition) is 1. The second-order valence-corrected chi connectivity index (χ2v) is 2.66. The molecule has 0 saturated carbocycles. The lowest BCUT2D eigenvalue weighted by Gasteiger charge is -1.92. The zero-order valence-electron chi connectivity index (χ0n) is 6.47. The highest BCUT2D eigenvalue weighted by molar-refractivity contribution is 5.78. The topological polar surface area (TPSA) is 37.8 Å². The fourth-order valence-electron chi connectivity index (χ4n) is 1.26. The molecule has 0 spiro atoms. The second kappa shape index (κ2) is 2.20. The molecule has 0 saturated heterocycles. The Bertz CT molecular complexity index is 483. The van der Waals surface area contributed by atoms with Gasteiger partial charge in [-0.1, -0.05) is 0 Å². The van der Waals surface area contributed by atoms with Gasteiger partial charge in [-0.15, -0.1) is 0 Å². The Kier molecular flexibility index (Phi) is 1.30. The molecule has 0 bridgehead atoms. The van der Waals surface area contributed by atoms with Crippen molar-refractivity contribution in [2.24, 2.45) is 7.05 Å². The van der Waals surface area contributed by atoms with E-state index >= 15 is 0 Å². The van der Waals surface area contributed by atoms with Gasteiger partial charge < -0.3 is 0 Å². The number of H-pyrrole nitrogens is 1. The summed E-state index contributed by atoms with van der Waals surface area (Å²) in [5.41, 5.74) is 0.452. The summed E-state index contributed by atoms with van der Waals surface area (Å²) >= 11 is 0. The molecule has 1 aromatic carbocycles. The molecule has 2 rings (SSSR count). The number of hydrogen-bond acceptors (Lipinski definition) is 1. The number of halogens is 1. The zero-order chi connectivity index (χ0) is 8.72. The van der Waals surface area contributed by atoms with Crippen LogP contribution in [0.3, 0.4) is 0 Å². The number of rotatable bonds is 0. The van der Waals surface area contributed by atoms with Gasteiger partial charge in [0.1, 0.15) is 5.82 Å². The van der Waals surface area contributed by atoms with Gasteiger partial charge in [-0.05, 0) is 18.2 Å². The monoisotopic (exact) mass is 166 g/mol. The Morgan fingerprint density at radius 2 is 2.25 bits per heavy atom. The lowest BCUT2D eigenvalue weighted by atomic mass is 10.2. The second-order valence-electron chi connectivity index (χ2n) is 2.66. The summed E-state index contributed by atoms with van der Waals surface area (Å²) in [7, 11) is 1.71. The molecule has 0 amide bonds. The minimum absolute atomic E-state index is 0.257. The van der Waals surface area contributed by atoms with E-state index in [4.69, 9.17) is 0 Å². The van der Waals surface area contributed by atoms with Gasteiger partial charge in [0.2, 0.25) is 0 Å². The van der Waals surface area contributed by atoms with Crippen molar-refractivity contribution in [1.29, 1.82) is 0 Å². The third-order valence-electron chi connectivity index (χ3n) is 1.83. The summed E-state index contributed by atoms with van der Waals surface area (Å²) in [4.78, 5) is 11.1. The van der Waals surface area contributed by atoms with Crippen LogP contribution in [0.5, 0.6) is 0 Å². The van der Waals surface area contributed by atoms with Gasteiger partial charge in [0.05, 0.1) is 10.9 Å². The van der Waals surface area contributed by atoms with E-state index < -0.39 is 0 Å². The van der Waals surface area contributed by atoms with Crippen molar-refractivity contribution in [3.05, 3.63) is 34.4 Å². The number of nitrogens with zero attached hydrogens (tertiary/aromatic N) is 1. The van der Waals surface area contributed by atoms with Crippen molar-refractivity contribution in [3.63, 3.8) is 0 Å². The van der Waals surface area contributed by atoms with Gasteiger partial charge in [-0.25, -0.2) is 4.39 Å². The van der Waals surface area contributed by atoms with E-state index in [0.717, 1.165) is 0 Å². The number of fused-ring (bicyclic) bond motifs is 1. The zero-order valence-corrected chi connectivity index (χ0v) is 6.47. The number of aromatic nitrogens is 2. The van der Waals surface area contributed by atoms with E-state index in [1.807, 2.05) is 0 Å². The van der Waals surface area contributed by atoms with Crippen molar-refractivity contribution >= 4 is 10.9 Å². The van der Waals surface area contributed by atoms with Crippen LogP contribution in [0.1, 0.15) is 0 Å². The van der Waals surface area contributed by atoms with Crippen molar-refractivity contribution < 1.29 is 4.39 Å². The highest BCUT2D eigenvalue weighted by Gasteiger charge is 2.03. The largest absolute Gasteiger partial charge is 0.288 e. The van der Waals surface area contributed by atoms with E-state index in [1.165, 1.54) is 12.1 Å². The summed E-state index contributed by atoms with van der Waals surface area (Å²) in [6.45, 7) is 0. The molecule has 0 radical (unpaired) electrons. The highest BCUT2D eigenvalue weighted by Crippen LogP contribution is 2.09. The summed E-state index contributed by atoms with van der Waals surface area (Å²) < 4.78 is 14.2. The van der Waals surface area contributed by atoms with Crippen molar-refractivity contribution in [3.8, 4) is 0 Å². The molecule has 1 N–H and O–H groups in total. The van der Waals surface area contributed by atoms with E-state index in [2.05, 4.69) is 5.10 Å². The molecule has 0 fully saturated rings. The highest BCUT2D eigenvalue weighted by atomic mass is 19.1. The number of nitrogens with one attached hydrogen (secondary N) is 1. The molecule has 0 aliphatic heterocycles. The van der Waals surface area contributed by atoms with Crippen LogP contribution in [0, 0.1) is 5.82 Å². The van der Waals surface area contributed by atoms with Crippen molar-refractivity contribution in [2.45, 2.75) is 0 Å². The predicted molar refractivity (Wildman–Crippen MR) is 43.5 cm³/mol. The molecule has 0 unspecified atom stereocenters. The first-order valence-corrected chi connectivity index (χ1v) is 3.53. The molecule has 0 aliphatic rings. The van der Waals surface area contributed by atoms with E-state index in [1.54, 1.807) is 17.8 Å². The summed E-state index contributed by atoms with van der Waals surface area (Å²) in [6, 6.07) is 4.13. The number of benzene rings is 1. The maximum absolute atomic E-state index is 12.7. The Labute approximate surface area is 67.4 Å². The molecule has 0 atom stereocenters. The van der Waals surface area contributed by atoms with Gasteiger partial charge in [0.15, 0.2) is 0 Å². The van der Waals surface area contributed by atoms with E-state index in [9.17, 15) is 9.18 Å². The standard InChI is InChI=1S/C8H7FN2O/c1-11-7-3-2-5(9)4-6(7)8(12)10-11/h2-4H,1H3,(H,10,12). The average molecular weight is 166 g/mol. The lowest BCUT2D eigenvalue weighted by molar-refractivity contribution is 0.629. The normalized spacial score (nSPS) is 10.8. The van der Waals surface area contributed by atoms with Crippen molar-refractivity contribution in [2.75, 3.05) is 0 Å². The maximum atomic E-state index is 12.7. The van der Waals surface area contributed by atoms with Crippen LogP contribution in [-0.2, 0) is 7.05 Å².